The number of rotatable bonds is 3. The van der Waals surface area contributed by atoms with E-state index in [4.69, 9.17) is 0 Å². The molecular formula is C17H17NO3. The first-order valence-corrected chi connectivity index (χ1v) is 6.62. The van der Waals surface area contributed by atoms with E-state index in [0.29, 0.717) is 16.8 Å². The fraction of sp³-hybridized carbons (Fsp3) is 0.176. The number of carboxylic acid groups (broad SMARTS) is 1. The van der Waals surface area contributed by atoms with Gasteiger partial charge < -0.3 is 10.4 Å². The molecule has 0 atom stereocenters. The van der Waals surface area contributed by atoms with Crippen LogP contribution >= 0.6 is 0 Å². The van der Waals surface area contributed by atoms with E-state index in [2.05, 4.69) is 5.32 Å². The zero-order chi connectivity index (χ0) is 15.6. The van der Waals surface area contributed by atoms with Gasteiger partial charge in [0, 0.05) is 5.56 Å². The Morgan fingerprint density at radius 2 is 1.33 bits per heavy atom. The molecule has 0 heterocycles. The molecule has 0 radical (unpaired) electrons. The quantitative estimate of drug-likeness (QED) is 0.905. The van der Waals surface area contributed by atoms with Gasteiger partial charge in [-0.25, -0.2) is 4.79 Å². The zero-order valence-corrected chi connectivity index (χ0v) is 12.2. The lowest BCUT2D eigenvalue weighted by Crippen LogP contribution is -2.17. The SMILES string of the molecule is Cc1cccc(C)c1C(=O)Nc1cccc(C)c1C(=O)O. The lowest BCUT2D eigenvalue weighted by molar-refractivity contribution is 0.0697. The Morgan fingerprint density at radius 3 is 1.86 bits per heavy atom. The van der Waals surface area contributed by atoms with Crippen molar-refractivity contribution in [1.29, 1.82) is 0 Å². The number of carbonyl (C=O) groups is 2. The van der Waals surface area contributed by atoms with Crippen LogP contribution in [-0.2, 0) is 0 Å². The second-order valence-electron chi connectivity index (χ2n) is 5.02. The average Bonchev–Trinajstić information content (AvgIpc) is 2.37. The van der Waals surface area contributed by atoms with Crippen molar-refractivity contribution in [3.63, 3.8) is 0 Å². The molecule has 0 unspecified atom stereocenters. The van der Waals surface area contributed by atoms with Crippen LogP contribution in [0.3, 0.4) is 0 Å². The van der Waals surface area contributed by atoms with Gasteiger partial charge in [-0.1, -0.05) is 30.3 Å². The van der Waals surface area contributed by atoms with Gasteiger partial charge >= 0.3 is 5.97 Å². The molecule has 4 nitrogen and oxygen atoms in total. The van der Waals surface area contributed by atoms with Crippen molar-refractivity contribution < 1.29 is 14.7 Å². The number of hydrogen-bond acceptors (Lipinski definition) is 2. The van der Waals surface area contributed by atoms with Crippen LogP contribution in [0.4, 0.5) is 5.69 Å². The summed E-state index contributed by atoms with van der Waals surface area (Å²) in [6.45, 7) is 5.42. The van der Waals surface area contributed by atoms with Gasteiger partial charge in [-0.2, -0.15) is 0 Å². The predicted molar refractivity (Wildman–Crippen MR) is 82.0 cm³/mol. The molecular weight excluding hydrogens is 266 g/mol. The molecule has 0 spiro atoms. The van der Waals surface area contributed by atoms with Crippen molar-refractivity contribution in [2.24, 2.45) is 0 Å². The number of aromatic carboxylic acids is 1. The molecule has 21 heavy (non-hydrogen) atoms. The minimum Gasteiger partial charge on any atom is -0.478 e. The Balaban J connectivity index is 2.42. The fourth-order valence-electron chi connectivity index (χ4n) is 2.41. The summed E-state index contributed by atoms with van der Waals surface area (Å²) in [7, 11) is 0. The van der Waals surface area contributed by atoms with Crippen LogP contribution in [0.1, 0.15) is 37.4 Å². The van der Waals surface area contributed by atoms with Crippen LogP contribution in [0.5, 0.6) is 0 Å². The highest BCUT2D eigenvalue weighted by Gasteiger charge is 2.17. The van der Waals surface area contributed by atoms with E-state index < -0.39 is 5.97 Å². The van der Waals surface area contributed by atoms with Crippen molar-refractivity contribution in [1.82, 2.24) is 0 Å². The van der Waals surface area contributed by atoms with Crippen molar-refractivity contribution in [3.8, 4) is 0 Å². The molecule has 0 aliphatic heterocycles. The molecule has 4 heteroatoms. The number of carbonyl (C=O) groups excluding carboxylic acids is 1. The number of hydrogen-bond donors (Lipinski definition) is 2. The Bertz CT molecular complexity index is 700. The average molecular weight is 283 g/mol. The first kappa shape index (κ1) is 14.8. The monoisotopic (exact) mass is 283 g/mol. The maximum atomic E-state index is 12.4. The molecule has 2 rings (SSSR count). The number of anilines is 1. The second kappa shape index (κ2) is 5.79. The summed E-state index contributed by atoms with van der Waals surface area (Å²) in [5.41, 5.74) is 3.35. The largest absolute Gasteiger partial charge is 0.478 e. The maximum Gasteiger partial charge on any atom is 0.338 e. The van der Waals surface area contributed by atoms with E-state index in [1.54, 1.807) is 25.1 Å². The van der Waals surface area contributed by atoms with Gasteiger partial charge in [-0.15, -0.1) is 0 Å². The molecule has 0 bridgehead atoms. The lowest BCUT2D eigenvalue weighted by Gasteiger charge is -2.13. The van der Waals surface area contributed by atoms with Gasteiger partial charge in [0.15, 0.2) is 0 Å². The number of aryl methyl sites for hydroxylation is 3. The van der Waals surface area contributed by atoms with Gasteiger partial charge in [0.1, 0.15) is 0 Å². The number of carboxylic acids is 1. The van der Waals surface area contributed by atoms with Crippen molar-refractivity contribution in [3.05, 3.63) is 64.2 Å². The second-order valence-corrected chi connectivity index (χ2v) is 5.02. The van der Waals surface area contributed by atoms with Gasteiger partial charge in [0.05, 0.1) is 11.3 Å². The molecule has 0 aliphatic carbocycles. The van der Waals surface area contributed by atoms with Gasteiger partial charge in [-0.3, -0.25) is 4.79 Å². The third kappa shape index (κ3) is 2.94. The molecule has 0 saturated heterocycles. The Labute approximate surface area is 123 Å². The summed E-state index contributed by atoms with van der Waals surface area (Å²) >= 11 is 0. The van der Waals surface area contributed by atoms with Crippen molar-refractivity contribution >= 4 is 17.6 Å². The van der Waals surface area contributed by atoms with Crippen LogP contribution in [0, 0.1) is 20.8 Å². The number of benzene rings is 2. The van der Waals surface area contributed by atoms with Crippen LogP contribution < -0.4 is 5.32 Å². The summed E-state index contributed by atoms with van der Waals surface area (Å²) < 4.78 is 0. The minimum absolute atomic E-state index is 0.122. The first-order valence-electron chi connectivity index (χ1n) is 6.62. The fourth-order valence-corrected chi connectivity index (χ4v) is 2.41. The molecule has 0 saturated carbocycles. The summed E-state index contributed by atoms with van der Waals surface area (Å²) in [5.74, 6) is -1.34. The standard InChI is InChI=1S/C17H17NO3/c1-10-6-4-7-11(2)14(10)16(19)18-13-9-5-8-12(3)15(13)17(20)21/h4-9H,1-3H3,(H,18,19)(H,20,21). The molecule has 1 amide bonds. The normalized spacial score (nSPS) is 10.2. The Kier molecular flexibility index (Phi) is 4.08. The van der Waals surface area contributed by atoms with E-state index in [-0.39, 0.29) is 11.5 Å². The van der Waals surface area contributed by atoms with Crippen molar-refractivity contribution in [2.75, 3.05) is 5.32 Å². The third-order valence-electron chi connectivity index (χ3n) is 3.44. The summed E-state index contributed by atoms with van der Waals surface area (Å²) in [6.07, 6.45) is 0. The zero-order valence-electron chi connectivity index (χ0n) is 12.2. The Morgan fingerprint density at radius 1 is 0.857 bits per heavy atom. The van der Waals surface area contributed by atoms with E-state index in [0.717, 1.165) is 11.1 Å². The molecule has 2 aromatic rings. The topological polar surface area (TPSA) is 66.4 Å². The Hall–Kier alpha value is -2.62. The molecule has 2 N–H and O–H groups in total. The number of amides is 1. The number of nitrogens with one attached hydrogen (secondary N) is 1. The highest BCUT2D eigenvalue weighted by molar-refractivity contribution is 6.09. The molecule has 108 valence electrons. The van der Waals surface area contributed by atoms with Crippen molar-refractivity contribution in [2.45, 2.75) is 20.8 Å². The smallest absolute Gasteiger partial charge is 0.338 e. The van der Waals surface area contributed by atoms with Crippen LogP contribution in [0.2, 0.25) is 0 Å². The maximum absolute atomic E-state index is 12.4. The molecule has 0 fully saturated rings. The summed E-state index contributed by atoms with van der Waals surface area (Å²) in [4.78, 5) is 23.8. The van der Waals surface area contributed by atoms with Gasteiger partial charge in [0.2, 0.25) is 0 Å². The summed E-state index contributed by atoms with van der Waals surface area (Å²) in [6, 6.07) is 10.6. The summed E-state index contributed by atoms with van der Waals surface area (Å²) in [5, 5.41) is 12.0. The van der Waals surface area contributed by atoms with E-state index >= 15 is 0 Å². The molecule has 0 aromatic heterocycles. The molecule has 0 aliphatic rings. The lowest BCUT2D eigenvalue weighted by atomic mass is 10.0. The van der Waals surface area contributed by atoms with Crippen LogP contribution in [0.15, 0.2) is 36.4 Å². The van der Waals surface area contributed by atoms with Crippen LogP contribution in [-0.4, -0.2) is 17.0 Å². The predicted octanol–water partition coefficient (Wildman–Crippen LogP) is 3.56. The molecule has 2 aromatic carbocycles. The third-order valence-corrected chi connectivity index (χ3v) is 3.44. The first-order chi connectivity index (χ1) is 9.91. The highest BCUT2D eigenvalue weighted by Crippen LogP contribution is 2.22. The van der Waals surface area contributed by atoms with Crippen LogP contribution in [0.25, 0.3) is 0 Å². The van der Waals surface area contributed by atoms with Gasteiger partial charge in [-0.05, 0) is 43.5 Å². The highest BCUT2D eigenvalue weighted by atomic mass is 16.4. The van der Waals surface area contributed by atoms with E-state index in [1.165, 1.54) is 0 Å². The minimum atomic E-state index is -1.05. The van der Waals surface area contributed by atoms with E-state index in [1.807, 2.05) is 32.0 Å². The van der Waals surface area contributed by atoms with Gasteiger partial charge in [0.25, 0.3) is 5.91 Å². The van der Waals surface area contributed by atoms with E-state index in [9.17, 15) is 14.7 Å².